The normalized spacial score (nSPS) is 9.65. The second-order valence-corrected chi connectivity index (χ2v) is 4.58. The molecule has 2 heteroatoms. The van der Waals surface area contributed by atoms with Gasteiger partial charge in [-0.25, -0.2) is 0 Å². The molecule has 0 atom stereocenters. The fraction of sp³-hybridized carbons (Fsp3) is 0.733. The largest absolute Gasteiger partial charge is 0.156 e. The van der Waals surface area contributed by atoms with Crippen LogP contribution in [-0.2, 0) is 0 Å². The van der Waals surface area contributed by atoms with Crippen LogP contribution in [0.1, 0.15) is 70.2 Å². The zero-order valence-electron chi connectivity index (χ0n) is 12.0. The van der Waals surface area contributed by atoms with Crippen molar-refractivity contribution in [1.82, 2.24) is 10.2 Å². The molecule has 0 aliphatic heterocycles. The van der Waals surface area contributed by atoms with Crippen LogP contribution in [0, 0.1) is 13.8 Å². The van der Waals surface area contributed by atoms with E-state index < -0.39 is 0 Å². The number of hydrogen-bond donors (Lipinski definition) is 0. The van der Waals surface area contributed by atoms with Crippen molar-refractivity contribution in [1.29, 1.82) is 0 Å². The molecule has 0 saturated carbocycles. The van der Waals surface area contributed by atoms with Gasteiger partial charge in [-0.15, -0.1) is 0 Å². The van der Waals surface area contributed by atoms with Crippen LogP contribution in [0.2, 0.25) is 0 Å². The highest BCUT2D eigenvalue weighted by atomic mass is 15.1. The summed E-state index contributed by atoms with van der Waals surface area (Å²) in [4.78, 5) is 0. The predicted molar refractivity (Wildman–Crippen MR) is 75.2 cm³/mol. The molecule has 17 heavy (non-hydrogen) atoms. The molecule has 1 rings (SSSR count). The summed E-state index contributed by atoms with van der Waals surface area (Å²) >= 11 is 0. The third-order valence-electron chi connectivity index (χ3n) is 2.64. The fourth-order valence-corrected chi connectivity index (χ4v) is 1.50. The third-order valence-corrected chi connectivity index (χ3v) is 2.64. The van der Waals surface area contributed by atoms with Gasteiger partial charge in [0.25, 0.3) is 0 Å². The second kappa shape index (κ2) is 11.6. The lowest BCUT2D eigenvalue weighted by molar-refractivity contribution is 0.602. The molecule has 1 aromatic rings. The first kappa shape index (κ1) is 16.1. The summed E-state index contributed by atoms with van der Waals surface area (Å²) in [5.41, 5.74) is 1.94. The molecular weight excluding hydrogens is 208 g/mol. The summed E-state index contributed by atoms with van der Waals surface area (Å²) in [5, 5.41) is 7.66. The van der Waals surface area contributed by atoms with Crippen LogP contribution in [0.3, 0.4) is 0 Å². The maximum absolute atomic E-state index is 3.83. The minimum atomic E-state index is 0.968. The van der Waals surface area contributed by atoms with Crippen LogP contribution in [0.5, 0.6) is 0 Å². The molecule has 1 heterocycles. The number of aromatic nitrogens is 2. The maximum Gasteiger partial charge on any atom is 0.0600 e. The summed E-state index contributed by atoms with van der Waals surface area (Å²) in [6, 6.07) is 3.89. The van der Waals surface area contributed by atoms with Gasteiger partial charge in [0.05, 0.1) is 11.4 Å². The molecule has 98 valence electrons. The van der Waals surface area contributed by atoms with Crippen molar-refractivity contribution in [2.75, 3.05) is 0 Å². The summed E-state index contributed by atoms with van der Waals surface area (Å²) in [7, 11) is 0. The van der Waals surface area contributed by atoms with Gasteiger partial charge in [-0.1, -0.05) is 58.8 Å². The first-order valence-electron chi connectivity index (χ1n) is 6.97. The molecule has 1 aromatic heterocycles. The molecule has 0 amide bonds. The number of unbranched alkanes of at least 4 members (excludes halogenated alkanes) is 6. The van der Waals surface area contributed by atoms with Gasteiger partial charge in [-0.05, 0) is 26.0 Å². The summed E-state index contributed by atoms with van der Waals surface area (Å²) in [6.45, 7) is 8.37. The molecule has 0 radical (unpaired) electrons. The van der Waals surface area contributed by atoms with E-state index in [1.807, 2.05) is 26.0 Å². The van der Waals surface area contributed by atoms with Crippen molar-refractivity contribution >= 4 is 0 Å². The highest BCUT2D eigenvalue weighted by molar-refractivity contribution is 5.02. The van der Waals surface area contributed by atoms with E-state index in [0.717, 1.165) is 11.4 Å². The van der Waals surface area contributed by atoms with E-state index in [1.54, 1.807) is 0 Å². The Balaban J connectivity index is 0.000000302. The lowest BCUT2D eigenvalue weighted by Crippen LogP contribution is -1.86. The Bertz CT molecular complexity index is 227. The molecule has 0 spiro atoms. The topological polar surface area (TPSA) is 25.8 Å². The number of rotatable bonds is 6. The number of hydrogen-bond acceptors (Lipinski definition) is 2. The van der Waals surface area contributed by atoms with E-state index in [4.69, 9.17) is 0 Å². The zero-order valence-corrected chi connectivity index (χ0v) is 12.0. The molecule has 0 fully saturated rings. The van der Waals surface area contributed by atoms with Gasteiger partial charge in [-0.2, -0.15) is 10.2 Å². The molecule has 0 bridgehead atoms. The van der Waals surface area contributed by atoms with Gasteiger partial charge in [0.2, 0.25) is 0 Å². The van der Waals surface area contributed by atoms with Crippen molar-refractivity contribution in [3.05, 3.63) is 23.5 Å². The fourth-order valence-electron chi connectivity index (χ4n) is 1.50. The lowest BCUT2D eigenvalue weighted by atomic mass is 10.1. The zero-order chi connectivity index (χ0) is 12.9. The average Bonchev–Trinajstić information content (AvgIpc) is 2.34. The smallest absolute Gasteiger partial charge is 0.0600 e. The van der Waals surface area contributed by atoms with Crippen LogP contribution in [0.25, 0.3) is 0 Å². The average molecular weight is 236 g/mol. The van der Waals surface area contributed by atoms with Gasteiger partial charge in [0, 0.05) is 0 Å². The van der Waals surface area contributed by atoms with Crippen molar-refractivity contribution < 1.29 is 0 Å². The highest BCUT2D eigenvalue weighted by Gasteiger charge is 1.85. The monoisotopic (exact) mass is 236 g/mol. The van der Waals surface area contributed by atoms with Crippen LogP contribution in [0.4, 0.5) is 0 Å². The van der Waals surface area contributed by atoms with Gasteiger partial charge >= 0.3 is 0 Å². The van der Waals surface area contributed by atoms with E-state index in [1.165, 1.54) is 44.9 Å². The summed E-state index contributed by atoms with van der Waals surface area (Å²) in [6.07, 6.45) is 9.97. The van der Waals surface area contributed by atoms with Crippen molar-refractivity contribution in [3.8, 4) is 0 Å². The summed E-state index contributed by atoms with van der Waals surface area (Å²) < 4.78 is 0. The molecular formula is C15H28N2. The number of aryl methyl sites for hydroxylation is 2. The van der Waals surface area contributed by atoms with Gasteiger partial charge < -0.3 is 0 Å². The predicted octanol–water partition coefficient (Wildman–Crippen LogP) is 4.85. The van der Waals surface area contributed by atoms with Crippen LogP contribution in [0.15, 0.2) is 12.1 Å². The molecule has 0 aliphatic rings. The molecule has 2 nitrogen and oxygen atoms in total. The van der Waals surface area contributed by atoms with Crippen LogP contribution >= 0.6 is 0 Å². The standard InChI is InChI=1S/C9H20.C6H8N2/c1-3-5-7-9-8-6-4-2;1-5-3-4-6(2)8-7-5/h3-9H2,1-2H3;3-4H,1-2H3. The van der Waals surface area contributed by atoms with E-state index in [9.17, 15) is 0 Å². The van der Waals surface area contributed by atoms with Gasteiger partial charge in [0.1, 0.15) is 0 Å². The molecule has 0 saturated heterocycles. The first-order chi connectivity index (χ1) is 8.20. The first-order valence-corrected chi connectivity index (χ1v) is 6.97. The Labute approximate surface area is 107 Å². The minimum absolute atomic E-state index is 0.968. The van der Waals surface area contributed by atoms with E-state index in [0.29, 0.717) is 0 Å². The second-order valence-electron chi connectivity index (χ2n) is 4.58. The minimum Gasteiger partial charge on any atom is -0.156 e. The number of nitrogens with zero attached hydrogens (tertiary/aromatic N) is 2. The van der Waals surface area contributed by atoms with E-state index in [-0.39, 0.29) is 0 Å². The summed E-state index contributed by atoms with van der Waals surface area (Å²) in [5.74, 6) is 0. The van der Waals surface area contributed by atoms with Crippen molar-refractivity contribution in [2.24, 2.45) is 0 Å². The Morgan fingerprint density at radius 2 is 1.06 bits per heavy atom. The quantitative estimate of drug-likeness (QED) is 0.660. The highest BCUT2D eigenvalue weighted by Crippen LogP contribution is 2.05. The van der Waals surface area contributed by atoms with Crippen molar-refractivity contribution in [3.63, 3.8) is 0 Å². The lowest BCUT2D eigenvalue weighted by Gasteiger charge is -1.96. The maximum atomic E-state index is 3.83. The van der Waals surface area contributed by atoms with E-state index in [2.05, 4.69) is 24.0 Å². The van der Waals surface area contributed by atoms with Gasteiger partial charge in [0.15, 0.2) is 0 Å². The van der Waals surface area contributed by atoms with Gasteiger partial charge in [-0.3, -0.25) is 0 Å². The SMILES string of the molecule is CCCCCCCCC.Cc1ccc(C)nn1. The molecule has 0 unspecified atom stereocenters. The van der Waals surface area contributed by atoms with E-state index >= 15 is 0 Å². The molecule has 0 N–H and O–H groups in total. The van der Waals surface area contributed by atoms with Crippen LogP contribution < -0.4 is 0 Å². The molecule has 0 aromatic carbocycles. The Hall–Kier alpha value is -0.920. The van der Waals surface area contributed by atoms with Crippen LogP contribution in [-0.4, -0.2) is 10.2 Å². The van der Waals surface area contributed by atoms with Crippen molar-refractivity contribution in [2.45, 2.75) is 72.6 Å². The third kappa shape index (κ3) is 11.3. The molecule has 0 aliphatic carbocycles. The Morgan fingerprint density at radius 3 is 1.35 bits per heavy atom. The Morgan fingerprint density at radius 1 is 0.706 bits per heavy atom. The Kier molecular flexibility index (Phi) is 10.9.